The molecule has 1 heterocycles. The van der Waals surface area contributed by atoms with Crippen molar-refractivity contribution in [3.8, 4) is 16.9 Å². The van der Waals surface area contributed by atoms with Crippen molar-refractivity contribution in [3.63, 3.8) is 0 Å². The number of carbonyl (C=O) groups is 1. The molecule has 0 saturated heterocycles. The fourth-order valence-electron chi connectivity index (χ4n) is 2.21. The first-order chi connectivity index (χ1) is 10.9. The summed E-state index contributed by atoms with van der Waals surface area (Å²) in [6.45, 7) is 0.429. The van der Waals surface area contributed by atoms with Crippen molar-refractivity contribution in [2.45, 2.75) is 6.61 Å². The van der Waals surface area contributed by atoms with Gasteiger partial charge in [-0.2, -0.15) is 0 Å². The Bertz CT molecular complexity index is 755. The number of rotatable bonds is 5. The topological polar surface area (TPSA) is 39.2 Å². The van der Waals surface area contributed by atoms with E-state index in [1.807, 2.05) is 54.6 Å². The van der Waals surface area contributed by atoms with Crippen LogP contribution in [0, 0.1) is 0 Å². The van der Waals surface area contributed by atoms with Gasteiger partial charge in [0.2, 0.25) is 0 Å². The minimum absolute atomic E-state index is 0.429. The third-order valence-corrected chi connectivity index (χ3v) is 3.37. The molecule has 3 heteroatoms. The van der Waals surface area contributed by atoms with Gasteiger partial charge < -0.3 is 4.74 Å². The number of ether oxygens (including phenoxy) is 1. The highest BCUT2D eigenvalue weighted by Gasteiger charge is 2.07. The van der Waals surface area contributed by atoms with E-state index in [4.69, 9.17) is 4.74 Å². The van der Waals surface area contributed by atoms with Crippen LogP contribution >= 0.6 is 0 Å². The van der Waals surface area contributed by atoms with Crippen LogP contribution in [0.4, 0.5) is 0 Å². The second-order valence-corrected chi connectivity index (χ2v) is 4.89. The van der Waals surface area contributed by atoms with Gasteiger partial charge in [0.15, 0.2) is 6.29 Å². The SMILES string of the molecule is O=Cc1ccc(-c2cccnc2)cc1OCc1ccccc1. The molecule has 2 aromatic carbocycles. The lowest BCUT2D eigenvalue weighted by Crippen LogP contribution is -1.98. The maximum absolute atomic E-state index is 11.2. The van der Waals surface area contributed by atoms with Gasteiger partial charge in [-0.05, 0) is 29.3 Å². The molecule has 1 aromatic heterocycles. The van der Waals surface area contributed by atoms with Crippen molar-refractivity contribution < 1.29 is 9.53 Å². The van der Waals surface area contributed by atoms with E-state index in [0.717, 1.165) is 23.0 Å². The number of benzene rings is 2. The van der Waals surface area contributed by atoms with Crippen LogP contribution in [0.25, 0.3) is 11.1 Å². The Morgan fingerprint density at radius 3 is 2.55 bits per heavy atom. The number of carbonyl (C=O) groups excluding carboxylic acids is 1. The molecular formula is C19H15NO2. The highest BCUT2D eigenvalue weighted by Crippen LogP contribution is 2.26. The van der Waals surface area contributed by atoms with Crippen LogP contribution < -0.4 is 4.74 Å². The Labute approximate surface area is 129 Å². The van der Waals surface area contributed by atoms with Gasteiger partial charge in [0.25, 0.3) is 0 Å². The fraction of sp³-hybridized carbons (Fsp3) is 0.0526. The second-order valence-electron chi connectivity index (χ2n) is 4.89. The predicted molar refractivity (Wildman–Crippen MR) is 85.8 cm³/mol. The van der Waals surface area contributed by atoms with E-state index < -0.39 is 0 Å². The first kappa shape index (κ1) is 14.0. The molecule has 0 aliphatic rings. The molecule has 3 aromatic rings. The molecule has 0 aliphatic carbocycles. The number of aromatic nitrogens is 1. The first-order valence-corrected chi connectivity index (χ1v) is 7.03. The van der Waals surface area contributed by atoms with Crippen LogP contribution in [0.1, 0.15) is 15.9 Å². The Balaban J connectivity index is 1.87. The van der Waals surface area contributed by atoms with Gasteiger partial charge >= 0.3 is 0 Å². The van der Waals surface area contributed by atoms with Crippen molar-refractivity contribution in [2.75, 3.05) is 0 Å². The molecule has 0 bridgehead atoms. The summed E-state index contributed by atoms with van der Waals surface area (Å²) in [4.78, 5) is 15.3. The summed E-state index contributed by atoms with van der Waals surface area (Å²) in [7, 11) is 0. The average molecular weight is 289 g/mol. The molecule has 0 atom stereocenters. The third kappa shape index (κ3) is 3.20. The number of pyridine rings is 1. The van der Waals surface area contributed by atoms with Crippen molar-refractivity contribution in [3.05, 3.63) is 84.2 Å². The van der Waals surface area contributed by atoms with Crippen molar-refractivity contribution in [2.24, 2.45) is 0 Å². The highest BCUT2D eigenvalue weighted by molar-refractivity contribution is 5.81. The maximum Gasteiger partial charge on any atom is 0.153 e. The number of hydrogen-bond acceptors (Lipinski definition) is 3. The summed E-state index contributed by atoms with van der Waals surface area (Å²) < 4.78 is 5.82. The van der Waals surface area contributed by atoms with Gasteiger partial charge in [0.05, 0.1) is 5.56 Å². The molecule has 0 N–H and O–H groups in total. The highest BCUT2D eigenvalue weighted by atomic mass is 16.5. The van der Waals surface area contributed by atoms with Crippen LogP contribution in [0.15, 0.2) is 73.1 Å². The summed E-state index contributed by atoms with van der Waals surface area (Å²) in [6.07, 6.45) is 4.33. The molecular weight excluding hydrogens is 274 g/mol. The van der Waals surface area contributed by atoms with Gasteiger partial charge in [0.1, 0.15) is 12.4 Å². The minimum atomic E-state index is 0.429. The molecule has 0 saturated carbocycles. The predicted octanol–water partition coefficient (Wildman–Crippen LogP) is 4.14. The summed E-state index contributed by atoms with van der Waals surface area (Å²) in [5, 5.41) is 0. The zero-order chi connectivity index (χ0) is 15.2. The van der Waals surface area contributed by atoms with E-state index in [2.05, 4.69) is 4.98 Å². The van der Waals surface area contributed by atoms with Crippen LogP contribution in [0.5, 0.6) is 5.75 Å². The van der Waals surface area contributed by atoms with E-state index in [0.29, 0.717) is 17.9 Å². The van der Waals surface area contributed by atoms with Crippen LogP contribution in [-0.2, 0) is 6.61 Å². The molecule has 3 rings (SSSR count). The summed E-state index contributed by atoms with van der Waals surface area (Å²) >= 11 is 0. The Morgan fingerprint density at radius 1 is 0.955 bits per heavy atom. The molecule has 0 fully saturated rings. The van der Waals surface area contributed by atoms with Crippen LogP contribution in [0.3, 0.4) is 0 Å². The van der Waals surface area contributed by atoms with Crippen molar-refractivity contribution in [1.82, 2.24) is 4.98 Å². The minimum Gasteiger partial charge on any atom is -0.488 e. The largest absolute Gasteiger partial charge is 0.488 e. The first-order valence-electron chi connectivity index (χ1n) is 7.03. The summed E-state index contributed by atoms with van der Waals surface area (Å²) in [5.74, 6) is 0.584. The molecule has 0 radical (unpaired) electrons. The maximum atomic E-state index is 11.2. The summed E-state index contributed by atoms with van der Waals surface area (Å²) in [6, 6.07) is 19.3. The van der Waals surface area contributed by atoms with Gasteiger partial charge in [-0.15, -0.1) is 0 Å². The fourth-order valence-corrected chi connectivity index (χ4v) is 2.21. The lowest BCUT2D eigenvalue weighted by molar-refractivity contribution is 0.111. The monoisotopic (exact) mass is 289 g/mol. The molecule has 108 valence electrons. The number of hydrogen-bond donors (Lipinski definition) is 0. The molecule has 0 aliphatic heterocycles. The third-order valence-electron chi connectivity index (χ3n) is 3.37. The Hall–Kier alpha value is -2.94. The van der Waals surface area contributed by atoms with Gasteiger partial charge in [-0.3, -0.25) is 9.78 Å². The quantitative estimate of drug-likeness (QED) is 0.663. The number of aldehydes is 1. The molecule has 0 amide bonds. The Kier molecular flexibility index (Phi) is 4.25. The molecule has 0 unspecified atom stereocenters. The van der Waals surface area contributed by atoms with Crippen molar-refractivity contribution in [1.29, 1.82) is 0 Å². The van der Waals surface area contributed by atoms with E-state index in [9.17, 15) is 4.79 Å². The second kappa shape index (κ2) is 6.68. The molecule has 22 heavy (non-hydrogen) atoms. The zero-order valence-electron chi connectivity index (χ0n) is 12.0. The lowest BCUT2D eigenvalue weighted by atomic mass is 10.1. The van der Waals surface area contributed by atoms with Gasteiger partial charge in [0, 0.05) is 18.0 Å². The average Bonchev–Trinajstić information content (AvgIpc) is 2.61. The standard InChI is InChI=1S/C19H15NO2/c21-13-18-9-8-16(17-7-4-10-20-12-17)11-19(18)22-14-15-5-2-1-3-6-15/h1-13H,14H2. The Morgan fingerprint density at radius 2 is 1.82 bits per heavy atom. The van der Waals surface area contributed by atoms with Crippen LogP contribution in [-0.4, -0.2) is 11.3 Å². The van der Waals surface area contributed by atoms with E-state index >= 15 is 0 Å². The normalized spacial score (nSPS) is 10.2. The molecule has 3 nitrogen and oxygen atoms in total. The number of nitrogens with zero attached hydrogens (tertiary/aromatic N) is 1. The van der Waals surface area contributed by atoms with E-state index in [1.54, 1.807) is 18.5 Å². The van der Waals surface area contributed by atoms with Crippen LogP contribution in [0.2, 0.25) is 0 Å². The summed E-state index contributed by atoms with van der Waals surface area (Å²) in [5.41, 5.74) is 3.57. The smallest absolute Gasteiger partial charge is 0.153 e. The lowest BCUT2D eigenvalue weighted by Gasteiger charge is -2.10. The van der Waals surface area contributed by atoms with Crippen molar-refractivity contribution >= 4 is 6.29 Å². The van der Waals surface area contributed by atoms with Gasteiger partial charge in [-0.1, -0.05) is 42.5 Å². The van der Waals surface area contributed by atoms with Gasteiger partial charge in [-0.25, -0.2) is 0 Å². The molecule has 0 spiro atoms. The van der Waals surface area contributed by atoms with E-state index in [1.165, 1.54) is 0 Å². The zero-order valence-corrected chi connectivity index (χ0v) is 12.0. The van der Waals surface area contributed by atoms with E-state index in [-0.39, 0.29) is 0 Å².